The molecule has 0 aromatic carbocycles. The van der Waals surface area contributed by atoms with Gasteiger partial charge in [-0.2, -0.15) is 5.10 Å². The highest BCUT2D eigenvalue weighted by Gasteiger charge is 2.21. The zero-order valence-electron chi connectivity index (χ0n) is 8.47. The summed E-state index contributed by atoms with van der Waals surface area (Å²) in [4.78, 5) is 10.6. The first-order chi connectivity index (χ1) is 6.24. The van der Waals surface area contributed by atoms with Crippen molar-refractivity contribution in [3.05, 3.63) is 0 Å². The summed E-state index contributed by atoms with van der Waals surface area (Å²) in [5.41, 5.74) is 3.72. The van der Waals surface area contributed by atoms with Crippen molar-refractivity contribution < 1.29 is 4.79 Å². The second kappa shape index (κ2) is 5.00. The van der Waals surface area contributed by atoms with Crippen LogP contribution in [-0.4, -0.2) is 11.6 Å². The van der Waals surface area contributed by atoms with E-state index < -0.39 is 0 Å². The molecule has 1 aliphatic carbocycles. The van der Waals surface area contributed by atoms with Gasteiger partial charge in [0.2, 0.25) is 5.91 Å². The second-order valence-electron chi connectivity index (χ2n) is 3.65. The molecule has 0 aliphatic heterocycles. The van der Waals surface area contributed by atoms with Gasteiger partial charge >= 0.3 is 0 Å². The van der Waals surface area contributed by atoms with Gasteiger partial charge in [-0.05, 0) is 31.6 Å². The van der Waals surface area contributed by atoms with E-state index in [1.807, 2.05) is 0 Å². The lowest BCUT2D eigenvalue weighted by Crippen LogP contribution is -2.17. The van der Waals surface area contributed by atoms with Gasteiger partial charge < -0.3 is 0 Å². The molecule has 3 nitrogen and oxygen atoms in total. The standard InChI is InChI=1S/C10H18N2O/c1-3-5-9-6-4-7-10(9)12-11-8(2)13/h9H,3-7H2,1-2H3,(H,11,13)/b12-10-. The first-order valence-electron chi connectivity index (χ1n) is 5.07. The summed E-state index contributed by atoms with van der Waals surface area (Å²) >= 11 is 0. The van der Waals surface area contributed by atoms with E-state index in [0.29, 0.717) is 5.92 Å². The Morgan fingerprint density at radius 1 is 1.69 bits per heavy atom. The Labute approximate surface area is 79.6 Å². The van der Waals surface area contributed by atoms with Crippen molar-refractivity contribution in [2.24, 2.45) is 11.0 Å². The summed E-state index contributed by atoms with van der Waals surface area (Å²) in [5.74, 6) is 0.548. The van der Waals surface area contributed by atoms with Gasteiger partial charge in [-0.1, -0.05) is 13.3 Å². The molecule has 74 valence electrons. The maximum atomic E-state index is 10.6. The van der Waals surface area contributed by atoms with Gasteiger partial charge in [0, 0.05) is 12.6 Å². The molecule has 3 heteroatoms. The predicted octanol–water partition coefficient (Wildman–Crippen LogP) is 2.08. The van der Waals surface area contributed by atoms with Crippen molar-refractivity contribution in [3.8, 4) is 0 Å². The van der Waals surface area contributed by atoms with Gasteiger partial charge in [-0.3, -0.25) is 4.79 Å². The molecule has 0 aromatic heterocycles. The lowest BCUT2D eigenvalue weighted by Gasteiger charge is -2.08. The number of hydrogen-bond donors (Lipinski definition) is 1. The molecule has 1 amide bonds. The minimum absolute atomic E-state index is 0.0744. The molecule has 1 atom stereocenters. The molecule has 0 aromatic rings. The number of rotatable bonds is 3. The quantitative estimate of drug-likeness (QED) is 0.667. The number of hydrazone groups is 1. The van der Waals surface area contributed by atoms with Crippen LogP contribution in [0, 0.1) is 5.92 Å². The van der Waals surface area contributed by atoms with Crippen molar-refractivity contribution in [2.75, 3.05) is 0 Å². The van der Waals surface area contributed by atoms with E-state index in [1.165, 1.54) is 38.3 Å². The summed E-state index contributed by atoms with van der Waals surface area (Å²) in [6.45, 7) is 3.68. The first-order valence-corrected chi connectivity index (χ1v) is 5.07. The molecule has 1 fully saturated rings. The fraction of sp³-hybridized carbons (Fsp3) is 0.800. The summed E-state index contributed by atoms with van der Waals surface area (Å²) in [6.07, 6.45) is 5.93. The second-order valence-corrected chi connectivity index (χ2v) is 3.65. The highest BCUT2D eigenvalue weighted by molar-refractivity contribution is 5.89. The van der Waals surface area contributed by atoms with E-state index in [9.17, 15) is 4.79 Å². The van der Waals surface area contributed by atoms with Gasteiger partial charge in [-0.25, -0.2) is 5.43 Å². The van der Waals surface area contributed by atoms with Crippen LogP contribution in [0.3, 0.4) is 0 Å². The normalized spacial score (nSPS) is 25.1. The third-order valence-electron chi connectivity index (χ3n) is 2.45. The largest absolute Gasteiger partial charge is 0.274 e. The van der Waals surface area contributed by atoms with Crippen LogP contribution in [0.5, 0.6) is 0 Å². The maximum Gasteiger partial charge on any atom is 0.236 e. The fourth-order valence-corrected chi connectivity index (χ4v) is 1.86. The molecule has 0 bridgehead atoms. The molecule has 0 radical (unpaired) electrons. The highest BCUT2D eigenvalue weighted by atomic mass is 16.2. The number of carbonyl (C=O) groups excluding carboxylic acids is 1. The number of nitrogens with zero attached hydrogens (tertiary/aromatic N) is 1. The van der Waals surface area contributed by atoms with Crippen molar-refractivity contribution in [1.29, 1.82) is 0 Å². The lowest BCUT2D eigenvalue weighted by atomic mass is 10.0. The molecule has 1 unspecified atom stereocenters. The zero-order chi connectivity index (χ0) is 9.68. The summed E-state index contributed by atoms with van der Waals surface area (Å²) in [5, 5.41) is 4.14. The van der Waals surface area contributed by atoms with Crippen molar-refractivity contribution in [2.45, 2.75) is 46.0 Å². The van der Waals surface area contributed by atoms with Crippen LogP contribution in [0.25, 0.3) is 0 Å². The Hall–Kier alpha value is -0.860. The van der Waals surface area contributed by atoms with Gasteiger partial charge in [0.15, 0.2) is 0 Å². The van der Waals surface area contributed by atoms with E-state index in [2.05, 4.69) is 17.5 Å². The van der Waals surface area contributed by atoms with E-state index in [1.54, 1.807) is 0 Å². The number of hydrogen-bond acceptors (Lipinski definition) is 2. The molecular formula is C10H18N2O. The molecule has 1 rings (SSSR count). The minimum atomic E-state index is -0.0744. The molecule has 1 aliphatic rings. The molecule has 0 heterocycles. The molecule has 13 heavy (non-hydrogen) atoms. The van der Waals surface area contributed by atoms with Crippen molar-refractivity contribution in [3.63, 3.8) is 0 Å². The summed E-state index contributed by atoms with van der Waals surface area (Å²) in [6, 6.07) is 0. The van der Waals surface area contributed by atoms with Crippen LogP contribution in [0.4, 0.5) is 0 Å². The smallest absolute Gasteiger partial charge is 0.236 e. The van der Waals surface area contributed by atoms with Crippen molar-refractivity contribution >= 4 is 11.6 Å². The first kappa shape index (κ1) is 10.2. The zero-order valence-corrected chi connectivity index (χ0v) is 8.47. The average molecular weight is 182 g/mol. The maximum absolute atomic E-state index is 10.6. The predicted molar refractivity (Wildman–Crippen MR) is 53.5 cm³/mol. The Morgan fingerprint density at radius 3 is 3.08 bits per heavy atom. The van der Waals surface area contributed by atoms with Gasteiger partial charge in [-0.15, -0.1) is 0 Å². The molecular weight excluding hydrogens is 164 g/mol. The molecule has 0 spiro atoms. The van der Waals surface area contributed by atoms with E-state index in [0.717, 1.165) is 6.42 Å². The number of amides is 1. The Kier molecular flexibility index (Phi) is 3.93. The van der Waals surface area contributed by atoms with Gasteiger partial charge in [0.1, 0.15) is 0 Å². The molecule has 1 saturated carbocycles. The Morgan fingerprint density at radius 2 is 2.46 bits per heavy atom. The Balaban J connectivity index is 2.46. The fourth-order valence-electron chi connectivity index (χ4n) is 1.86. The Bertz CT molecular complexity index is 211. The van der Waals surface area contributed by atoms with Crippen LogP contribution < -0.4 is 5.43 Å². The molecule has 0 saturated heterocycles. The monoisotopic (exact) mass is 182 g/mol. The van der Waals surface area contributed by atoms with Crippen LogP contribution in [-0.2, 0) is 4.79 Å². The topological polar surface area (TPSA) is 41.5 Å². The lowest BCUT2D eigenvalue weighted by molar-refractivity contribution is -0.118. The minimum Gasteiger partial charge on any atom is -0.274 e. The summed E-state index contributed by atoms with van der Waals surface area (Å²) < 4.78 is 0. The van der Waals surface area contributed by atoms with Crippen LogP contribution >= 0.6 is 0 Å². The highest BCUT2D eigenvalue weighted by Crippen LogP contribution is 2.26. The van der Waals surface area contributed by atoms with Gasteiger partial charge in [0.25, 0.3) is 0 Å². The van der Waals surface area contributed by atoms with Crippen LogP contribution in [0.15, 0.2) is 5.10 Å². The number of nitrogens with one attached hydrogen (secondary N) is 1. The summed E-state index contributed by atoms with van der Waals surface area (Å²) in [7, 11) is 0. The van der Waals surface area contributed by atoms with E-state index >= 15 is 0 Å². The third kappa shape index (κ3) is 3.17. The van der Waals surface area contributed by atoms with Crippen LogP contribution in [0.2, 0.25) is 0 Å². The SMILES string of the molecule is CCCC1CCC/C1=N/NC(C)=O. The van der Waals surface area contributed by atoms with Gasteiger partial charge in [0.05, 0.1) is 0 Å². The van der Waals surface area contributed by atoms with Crippen LogP contribution in [0.1, 0.15) is 46.0 Å². The van der Waals surface area contributed by atoms with E-state index in [4.69, 9.17) is 0 Å². The number of carbonyl (C=O) groups is 1. The molecule has 1 N–H and O–H groups in total. The van der Waals surface area contributed by atoms with Crippen molar-refractivity contribution in [1.82, 2.24) is 5.43 Å². The third-order valence-corrected chi connectivity index (χ3v) is 2.45. The average Bonchev–Trinajstić information content (AvgIpc) is 2.49. The van der Waals surface area contributed by atoms with E-state index in [-0.39, 0.29) is 5.91 Å².